The Bertz CT molecular complexity index is 362. The average Bonchev–Trinajstić information content (AvgIpc) is 2.49. The fourth-order valence-electron chi connectivity index (χ4n) is 2.37. The molecule has 0 amide bonds. The van der Waals surface area contributed by atoms with E-state index >= 15 is 0 Å². The van der Waals surface area contributed by atoms with Gasteiger partial charge in [-0.05, 0) is 25.7 Å². The molecule has 0 heterocycles. The van der Waals surface area contributed by atoms with Crippen LogP contribution in [-0.2, 0) is 10.4 Å². The standard InChI is InChI=1S/C18H36N.3Na.H2O4S/c1-2-3-4-5-6-7-8-9-10-11-12-13-14-15-16-17-18-19;;;;1-5(2,3)4/h9-10,19H,2-8,11-18H2,1H3;;;;(H2,1,2,3,4)/q-1;3*+1;/p-2/b10-9-;;;;. The molecule has 0 aliphatic rings. The molecule has 0 saturated carbocycles. The van der Waals surface area contributed by atoms with Crippen LogP contribution in [0.2, 0.25) is 0 Å². The Labute approximate surface area is 234 Å². The van der Waals surface area contributed by atoms with E-state index in [2.05, 4.69) is 19.1 Å². The summed E-state index contributed by atoms with van der Waals surface area (Å²) in [4.78, 5) is 0. The SMILES string of the molecule is CCCCCCCC/C=C\CCCCCCCC[NH-].O=S(=O)([O-])[O-].[Na+].[Na+].[Na+]. The molecule has 0 bridgehead atoms. The predicted molar refractivity (Wildman–Crippen MR) is 99.1 cm³/mol. The first-order valence-electron chi connectivity index (χ1n) is 9.38. The van der Waals surface area contributed by atoms with Gasteiger partial charge in [-0.25, -0.2) is 0 Å². The van der Waals surface area contributed by atoms with E-state index in [0.717, 1.165) is 6.42 Å². The van der Waals surface area contributed by atoms with Gasteiger partial charge in [-0.1, -0.05) is 83.3 Å². The monoisotopic (exact) mass is 431 g/mol. The number of allylic oxidation sites excluding steroid dienone is 2. The number of hydrogen-bond acceptors (Lipinski definition) is 4. The van der Waals surface area contributed by atoms with Gasteiger partial charge < -0.3 is 14.8 Å². The van der Waals surface area contributed by atoms with E-state index < -0.39 is 10.4 Å². The van der Waals surface area contributed by atoms with Gasteiger partial charge in [0.1, 0.15) is 0 Å². The minimum atomic E-state index is -5.17. The molecule has 0 aliphatic carbocycles. The van der Waals surface area contributed by atoms with Crippen LogP contribution >= 0.6 is 0 Å². The molecular formula is C18H36NNa3O4S. The van der Waals surface area contributed by atoms with Gasteiger partial charge in [0.05, 0.1) is 0 Å². The Kier molecular flexibility index (Phi) is 49.2. The molecule has 0 aromatic rings. The summed E-state index contributed by atoms with van der Waals surface area (Å²) in [5.41, 5.74) is 7.07. The van der Waals surface area contributed by atoms with Crippen LogP contribution in [0.25, 0.3) is 5.73 Å². The van der Waals surface area contributed by atoms with Crippen molar-refractivity contribution in [3.05, 3.63) is 17.9 Å². The maximum Gasteiger partial charge on any atom is 1.00 e. The second-order valence-corrected chi connectivity index (χ2v) is 6.91. The van der Waals surface area contributed by atoms with Gasteiger partial charge in [-0.2, -0.15) is 6.54 Å². The number of hydrogen-bond donors (Lipinski definition) is 0. The third-order valence-corrected chi connectivity index (χ3v) is 3.69. The first-order valence-corrected chi connectivity index (χ1v) is 10.7. The normalized spacial score (nSPS) is 10.2. The molecular weight excluding hydrogens is 395 g/mol. The van der Waals surface area contributed by atoms with E-state index in [-0.39, 0.29) is 88.7 Å². The summed E-state index contributed by atoms with van der Waals surface area (Å²) in [6, 6.07) is 0. The molecule has 5 nitrogen and oxygen atoms in total. The predicted octanol–water partition coefficient (Wildman–Crippen LogP) is -3.25. The van der Waals surface area contributed by atoms with Crippen LogP contribution in [0.4, 0.5) is 0 Å². The first kappa shape index (κ1) is 40.0. The molecule has 0 fully saturated rings. The molecule has 0 aromatic carbocycles. The Morgan fingerprint density at radius 2 is 0.963 bits per heavy atom. The summed E-state index contributed by atoms with van der Waals surface area (Å²) in [5, 5.41) is 0. The molecule has 0 spiro atoms. The van der Waals surface area contributed by atoms with Gasteiger partial charge in [0, 0.05) is 10.4 Å². The zero-order chi connectivity index (χ0) is 18.5. The van der Waals surface area contributed by atoms with Crippen LogP contribution in [0.5, 0.6) is 0 Å². The van der Waals surface area contributed by atoms with E-state index in [0.29, 0.717) is 6.54 Å². The minimum absolute atomic E-state index is 0. The second-order valence-electron chi connectivity index (χ2n) is 6.10. The van der Waals surface area contributed by atoms with Crippen molar-refractivity contribution in [1.82, 2.24) is 0 Å². The Balaban J connectivity index is -0.000000178. The first-order chi connectivity index (χ1) is 11.4. The molecule has 146 valence electrons. The van der Waals surface area contributed by atoms with Crippen molar-refractivity contribution in [3.8, 4) is 0 Å². The van der Waals surface area contributed by atoms with Gasteiger partial charge >= 0.3 is 88.7 Å². The third kappa shape index (κ3) is 58.5. The van der Waals surface area contributed by atoms with E-state index in [1.54, 1.807) is 0 Å². The molecule has 0 aliphatic heterocycles. The van der Waals surface area contributed by atoms with Gasteiger partial charge in [0.25, 0.3) is 0 Å². The topological polar surface area (TPSA) is 104 Å². The molecule has 0 unspecified atom stereocenters. The Morgan fingerprint density at radius 1 is 0.667 bits per heavy atom. The Morgan fingerprint density at radius 3 is 1.30 bits per heavy atom. The van der Waals surface area contributed by atoms with Crippen molar-refractivity contribution in [2.75, 3.05) is 6.54 Å². The van der Waals surface area contributed by atoms with Gasteiger partial charge in [0.2, 0.25) is 0 Å². The summed E-state index contributed by atoms with van der Waals surface area (Å²) in [6.45, 7) is 2.89. The summed E-state index contributed by atoms with van der Waals surface area (Å²) in [6.07, 6.45) is 23.5. The summed E-state index contributed by atoms with van der Waals surface area (Å²) in [5.74, 6) is 0. The fraction of sp³-hybridized carbons (Fsp3) is 0.889. The summed E-state index contributed by atoms with van der Waals surface area (Å²) < 4.78 is 34.1. The number of nitrogens with one attached hydrogen (secondary N) is 1. The smallest absolute Gasteiger partial charge is 0.759 e. The third-order valence-electron chi connectivity index (χ3n) is 3.69. The molecule has 27 heavy (non-hydrogen) atoms. The van der Waals surface area contributed by atoms with Crippen molar-refractivity contribution < 1.29 is 106 Å². The van der Waals surface area contributed by atoms with Crippen molar-refractivity contribution in [2.45, 2.75) is 96.8 Å². The number of unbranched alkanes of at least 4 members (excludes halogenated alkanes) is 12. The van der Waals surface area contributed by atoms with Crippen molar-refractivity contribution in [3.63, 3.8) is 0 Å². The van der Waals surface area contributed by atoms with Gasteiger partial charge in [-0.15, -0.1) is 0 Å². The van der Waals surface area contributed by atoms with Crippen LogP contribution in [0.15, 0.2) is 12.2 Å². The zero-order valence-electron chi connectivity index (χ0n) is 18.3. The van der Waals surface area contributed by atoms with E-state index in [1.807, 2.05) is 0 Å². The molecule has 9 heteroatoms. The quantitative estimate of drug-likeness (QED) is 0.0893. The van der Waals surface area contributed by atoms with E-state index in [9.17, 15) is 0 Å². The average molecular weight is 432 g/mol. The molecule has 0 radical (unpaired) electrons. The summed E-state index contributed by atoms with van der Waals surface area (Å²) >= 11 is 0. The van der Waals surface area contributed by atoms with Crippen LogP contribution in [0.3, 0.4) is 0 Å². The molecule has 0 aromatic heterocycles. The molecule has 0 rings (SSSR count). The van der Waals surface area contributed by atoms with E-state index in [4.69, 9.17) is 23.3 Å². The van der Waals surface area contributed by atoms with Crippen molar-refractivity contribution in [1.29, 1.82) is 0 Å². The van der Waals surface area contributed by atoms with Crippen LogP contribution < -0.4 is 88.7 Å². The Hall–Kier alpha value is 2.57. The largest absolute Gasteiger partial charge is 1.00 e. The van der Waals surface area contributed by atoms with E-state index in [1.165, 1.54) is 83.5 Å². The van der Waals surface area contributed by atoms with Crippen LogP contribution in [0, 0.1) is 0 Å². The number of rotatable bonds is 15. The fourth-order valence-corrected chi connectivity index (χ4v) is 2.37. The van der Waals surface area contributed by atoms with Crippen molar-refractivity contribution in [2.24, 2.45) is 0 Å². The maximum absolute atomic E-state index is 8.52. The maximum atomic E-state index is 8.52. The molecule has 1 N–H and O–H groups in total. The minimum Gasteiger partial charge on any atom is -0.759 e. The van der Waals surface area contributed by atoms with Gasteiger partial charge in [-0.3, -0.25) is 8.42 Å². The van der Waals surface area contributed by atoms with Crippen LogP contribution in [0.1, 0.15) is 96.8 Å². The van der Waals surface area contributed by atoms with Crippen LogP contribution in [-0.4, -0.2) is 24.1 Å². The van der Waals surface area contributed by atoms with Crippen molar-refractivity contribution >= 4 is 10.4 Å². The summed E-state index contributed by atoms with van der Waals surface area (Å²) in [7, 11) is -5.17. The zero-order valence-corrected chi connectivity index (χ0v) is 25.1. The molecule has 0 saturated heterocycles. The van der Waals surface area contributed by atoms with Gasteiger partial charge in [0.15, 0.2) is 0 Å². The molecule has 0 atom stereocenters. The second kappa shape index (κ2) is 33.2.